The molecule has 0 atom stereocenters. The van der Waals surface area contributed by atoms with Gasteiger partial charge in [-0.3, -0.25) is 0 Å². The summed E-state index contributed by atoms with van der Waals surface area (Å²) >= 11 is 0. The van der Waals surface area contributed by atoms with Crippen molar-refractivity contribution in [3.63, 3.8) is 0 Å². The van der Waals surface area contributed by atoms with Crippen LogP contribution in [0.3, 0.4) is 0 Å². The minimum Gasteiger partial charge on any atom is -0.508 e. The van der Waals surface area contributed by atoms with Gasteiger partial charge in [0.2, 0.25) is 0 Å². The summed E-state index contributed by atoms with van der Waals surface area (Å²) in [6, 6.07) is 14.3. The number of hydrogen-bond acceptors (Lipinski definition) is 2. The second kappa shape index (κ2) is 5.21. The second-order valence-corrected chi connectivity index (χ2v) is 3.83. The molecule has 0 unspecified atom stereocenters. The summed E-state index contributed by atoms with van der Waals surface area (Å²) in [5.74, 6) is 0.589. The van der Waals surface area contributed by atoms with Gasteiger partial charge in [-0.1, -0.05) is 42.5 Å². The Morgan fingerprint density at radius 3 is 2.29 bits per heavy atom. The average molecular weight is 226 g/mol. The molecule has 0 bridgehead atoms. The Balaban J connectivity index is 2.03. The third kappa shape index (κ3) is 3.11. The highest BCUT2D eigenvalue weighted by molar-refractivity contribution is 5.51. The molecule has 2 rings (SSSR count). The lowest BCUT2D eigenvalue weighted by molar-refractivity contribution is 0.469. The van der Waals surface area contributed by atoms with Crippen molar-refractivity contribution < 1.29 is 10.2 Å². The van der Waals surface area contributed by atoms with Crippen molar-refractivity contribution in [2.24, 2.45) is 0 Å². The maximum absolute atomic E-state index is 9.58. The average Bonchev–Trinajstić information content (AvgIpc) is 2.34. The van der Waals surface area contributed by atoms with Gasteiger partial charge in [0.25, 0.3) is 0 Å². The maximum atomic E-state index is 9.58. The summed E-state index contributed by atoms with van der Waals surface area (Å²) in [4.78, 5) is 0. The molecule has 0 fully saturated rings. The molecule has 2 aromatic carbocycles. The number of hydrogen-bond donors (Lipinski definition) is 2. The summed E-state index contributed by atoms with van der Waals surface area (Å²) < 4.78 is 0. The van der Waals surface area contributed by atoms with E-state index in [1.807, 2.05) is 42.5 Å². The predicted molar refractivity (Wildman–Crippen MR) is 69.0 cm³/mol. The Hall–Kier alpha value is -2.22. The van der Waals surface area contributed by atoms with Crippen LogP contribution in [0, 0.1) is 0 Å². The third-order valence-electron chi connectivity index (χ3n) is 2.53. The Bertz CT molecular complexity index is 513. The lowest BCUT2D eigenvalue weighted by Gasteiger charge is -1.99. The molecule has 0 radical (unpaired) electrons. The molecule has 0 saturated heterocycles. The van der Waals surface area contributed by atoms with Crippen molar-refractivity contribution in [1.82, 2.24) is 0 Å². The number of aromatic hydroxyl groups is 2. The molecule has 0 saturated carbocycles. The normalized spacial score (nSPS) is 10.8. The molecular weight excluding hydrogens is 212 g/mol. The number of rotatable bonds is 3. The number of phenolic OH excluding ortho intramolecular Hbond substituents is 2. The van der Waals surface area contributed by atoms with E-state index in [0.717, 1.165) is 11.1 Å². The molecule has 0 aromatic heterocycles. The van der Waals surface area contributed by atoms with Crippen molar-refractivity contribution in [2.75, 3.05) is 0 Å². The van der Waals surface area contributed by atoms with E-state index in [2.05, 4.69) is 0 Å². The van der Waals surface area contributed by atoms with Gasteiger partial charge >= 0.3 is 0 Å². The molecule has 17 heavy (non-hydrogen) atoms. The van der Waals surface area contributed by atoms with Crippen LogP contribution in [-0.2, 0) is 6.42 Å². The molecule has 2 heteroatoms. The predicted octanol–water partition coefficient (Wildman–Crippen LogP) is 3.35. The summed E-state index contributed by atoms with van der Waals surface area (Å²) in [6.07, 6.45) is 4.64. The highest BCUT2D eigenvalue weighted by Crippen LogP contribution is 2.17. The van der Waals surface area contributed by atoms with E-state index in [-0.39, 0.29) is 5.75 Å². The molecule has 2 aromatic rings. The first-order valence-corrected chi connectivity index (χ1v) is 5.48. The highest BCUT2D eigenvalue weighted by Gasteiger charge is 1.95. The van der Waals surface area contributed by atoms with Crippen LogP contribution in [0.5, 0.6) is 11.5 Å². The van der Waals surface area contributed by atoms with E-state index in [1.165, 1.54) is 0 Å². The molecule has 0 aliphatic heterocycles. The van der Waals surface area contributed by atoms with Crippen LogP contribution in [0.1, 0.15) is 11.1 Å². The lowest BCUT2D eigenvalue weighted by Crippen LogP contribution is -1.81. The summed E-state index contributed by atoms with van der Waals surface area (Å²) in [5.41, 5.74) is 1.93. The van der Waals surface area contributed by atoms with E-state index >= 15 is 0 Å². The Labute approximate surface area is 100 Å². The zero-order valence-electron chi connectivity index (χ0n) is 9.38. The van der Waals surface area contributed by atoms with Crippen LogP contribution >= 0.6 is 0 Å². The number of benzene rings is 2. The van der Waals surface area contributed by atoms with Crippen molar-refractivity contribution in [3.8, 4) is 11.5 Å². The second-order valence-electron chi connectivity index (χ2n) is 3.83. The molecule has 86 valence electrons. The van der Waals surface area contributed by atoms with Gasteiger partial charge in [-0.15, -0.1) is 0 Å². The largest absolute Gasteiger partial charge is 0.508 e. The zero-order chi connectivity index (χ0) is 12.1. The molecule has 0 heterocycles. The smallest absolute Gasteiger partial charge is 0.119 e. The van der Waals surface area contributed by atoms with Gasteiger partial charge in [-0.05, 0) is 35.7 Å². The fourth-order valence-electron chi connectivity index (χ4n) is 1.59. The molecule has 2 nitrogen and oxygen atoms in total. The van der Waals surface area contributed by atoms with E-state index < -0.39 is 0 Å². The SMILES string of the molecule is Oc1ccc(/C=C/Cc2ccccc2O)cc1. The standard InChI is InChI=1S/C15H14O2/c16-14-10-8-12(9-11-14)4-3-6-13-5-1-2-7-15(13)17/h1-5,7-11,16-17H,6H2/b4-3+. The van der Waals surface area contributed by atoms with E-state index in [0.29, 0.717) is 12.2 Å². The van der Waals surface area contributed by atoms with Gasteiger partial charge in [0.1, 0.15) is 11.5 Å². The van der Waals surface area contributed by atoms with Crippen LogP contribution in [0.25, 0.3) is 6.08 Å². The molecular formula is C15H14O2. The fourth-order valence-corrected chi connectivity index (χ4v) is 1.59. The highest BCUT2D eigenvalue weighted by atomic mass is 16.3. The van der Waals surface area contributed by atoms with Gasteiger partial charge in [-0.2, -0.15) is 0 Å². The fraction of sp³-hybridized carbons (Fsp3) is 0.0667. The Morgan fingerprint density at radius 2 is 1.59 bits per heavy atom. The minimum atomic E-state index is 0.267. The molecule has 0 aliphatic rings. The van der Waals surface area contributed by atoms with E-state index in [4.69, 9.17) is 5.11 Å². The molecule has 2 N–H and O–H groups in total. The maximum Gasteiger partial charge on any atom is 0.119 e. The first kappa shape index (κ1) is 11.3. The summed E-state index contributed by atoms with van der Waals surface area (Å²) in [7, 11) is 0. The van der Waals surface area contributed by atoms with Gasteiger partial charge in [0.15, 0.2) is 0 Å². The van der Waals surface area contributed by atoms with Crippen molar-refractivity contribution >= 4 is 6.08 Å². The first-order valence-electron chi connectivity index (χ1n) is 5.48. The van der Waals surface area contributed by atoms with Crippen LogP contribution < -0.4 is 0 Å². The van der Waals surface area contributed by atoms with Crippen LogP contribution in [-0.4, -0.2) is 10.2 Å². The summed E-state index contributed by atoms with van der Waals surface area (Å²) in [5, 5.41) is 18.7. The molecule has 0 amide bonds. The Kier molecular flexibility index (Phi) is 3.46. The Morgan fingerprint density at radius 1 is 0.882 bits per heavy atom. The zero-order valence-corrected chi connectivity index (χ0v) is 9.38. The van der Waals surface area contributed by atoms with Crippen molar-refractivity contribution in [3.05, 3.63) is 65.7 Å². The monoisotopic (exact) mass is 226 g/mol. The third-order valence-corrected chi connectivity index (χ3v) is 2.53. The van der Waals surface area contributed by atoms with E-state index in [1.54, 1.807) is 18.2 Å². The van der Waals surface area contributed by atoms with Crippen molar-refractivity contribution in [2.45, 2.75) is 6.42 Å². The summed E-state index contributed by atoms with van der Waals surface area (Å²) in [6.45, 7) is 0. The van der Waals surface area contributed by atoms with Gasteiger partial charge in [-0.25, -0.2) is 0 Å². The number of allylic oxidation sites excluding steroid dienone is 1. The van der Waals surface area contributed by atoms with Gasteiger partial charge in [0, 0.05) is 0 Å². The van der Waals surface area contributed by atoms with Gasteiger partial charge in [0.05, 0.1) is 0 Å². The van der Waals surface area contributed by atoms with Crippen LogP contribution in [0.4, 0.5) is 0 Å². The topological polar surface area (TPSA) is 40.5 Å². The van der Waals surface area contributed by atoms with E-state index in [9.17, 15) is 5.11 Å². The lowest BCUT2D eigenvalue weighted by atomic mass is 10.1. The van der Waals surface area contributed by atoms with Crippen LogP contribution in [0.15, 0.2) is 54.6 Å². The molecule has 0 aliphatic carbocycles. The van der Waals surface area contributed by atoms with Crippen molar-refractivity contribution in [1.29, 1.82) is 0 Å². The van der Waals surface area contributed by atoms with Gasteiger partial charge < -0.3 is 10.2 Å². The minimum absolute atomic E-state index is 0.267. The number of para-hydroxylation sites is 1. The van der Waals surface area contributed by atoms with Crippen LogP contribution in [0.2, 0.25) is 0 Å². The quantitative estimate of drug-likeness (QED) is 0.842. The number of phenols is 2. The molecule has 0 spiro atoms. The first-order chi connectivity index (χ1) is 8.25.